The van der Waals surface area contributed by atoms with Crippen molar-refractivity contribution in [2.45, 2.75) is 103 Å². The standard InChI is InChI=1S/C19H38O/c1-3-4-5-6-7-8-9-10-11-12-13-14-15-16-17-18-19-20-2/h18-19H,3-17H2,1-2H3/b19-18+. The summed E-state index contributed by atoms with van der Waals surface area (Å²) in [6.07, 6.45) is 25.1. The van der Waals surface area contributed by atoms with Crippen molar-refractivity contribution in [1.29, 1.82) is 0 Å². The van der Waals surface area contributed by atoms with Gasteiger partial charge in [-0.15, -0.1) is 0 Å². The molecule has 0 amide bonds. The van der Waals surface area contributed by atoms with Crippen LogP contribution in [0.1, 0.15) is 103 Å². The van der Waals surface area contributed by atoms with Crippen molar-refractivity contribution >= 4 is 0 Å². The number of methoxy groups -OCH3 is 1. The highest BCUT2D eigenvalue weighted by Crippen LogP contribution is 2.13. The molecule has 0 aromatic heterocycles. The number of allylic oxidation sites excluding steroid dienone is 1. The largest absolute Gasteiger partial charge is 0.505 e. The molecule has 120 valence electrons. The number of unbranched alkanes of at least 4 members (excludes halogenated alkanes) is 14. The molecule has 0 fully saturated rings. The quantitative estimate of drug-likeness (QED) is 0.218. The van der Waals surface area contributed by atoms with Crippen LogP contribution in [0, 0.1) is 0 Å². The normalized spacial score (nSPS) is 11.3. The molecule has 1 heteroatoms. The molecule has 0 aromatic carbocycles. The summed E-state index contributed by atoms with van der Waals surface area (Å²) in [5, 5.41) is 0. The van der Waals surface area contributed by atoms with Crippen LogP contribution in [0.4, 0.5) is 0 Å². The first-order chi connectivity index (χ1) is 9.91. The van der Waals surface area contributed by atoms with E-state index in [0.29, 0.717) is 0 Å². The first-order valence-electron chi connectivity index (χ1n) is 9.09. The average Bonchev–Trinajstić information content (AvgIpc) is 2.47. The highest BCUT2D eigenvalue weighted by molar-refractivity contribution is 4.72. The summed E-state index contributed by atoms with van der Waals surface area (Å²) in [6.45, 7) is 2.29. The third-order valence-electron chi connectivity index (χ3n) is 3.96. The maximum atomic E-state index is 4.88. The van der Waals surface area contributed by atoms with E-state index in [2.05, 4.69) is 13.0 Å². The molecule has 0 N–H and O–H groups in total. The van der Waals surface area contributed by atoms with Gasteiger partial charge in [0.1, 0.15) is 0 Å². The lowest BCUT2D eigenvalue weighted by Gasteiger charge is -2.02. The van der Waals surface area contributed by atoms with Crippen molar-refractivity contribution in [1.82, 2.24) is 0 Å². The molecule has 0 unspecified atom stereocenters. The molecule has 0 saturated heterocycles. The minimum Gasteiger partial charge on any atom is -0.505 e. The van der Waals surface area contributed by atoms with Gasteiger partial charge >= 0.3 is 0 Å². The molecule has 0 aliphatic carbocycles. The predicted molar refractivity (Wildman–Crippen MR) is 91.1 cm³/mol. The van der Waals surface area contributed by atoms with Crippen LogP contribution in [0.2, 0.25) is 0 Å². The fraction of sp³-hybridized carbons (Fsp3) is 0.895. The second kappa shape index (κ2) is 18.5. The lowest BCUT2D eigenvalue weighted by atomic mass is 10.0. The van der Waals surface area contributed by atoms with Crippen molar-refractivity contribution in [2.24, 2.45) is 0 Å². The number of ether oxygens (including phenoxy) is 1. The Hall–Kier alpha value is -0.460. The van der Waals surface area contributed by atoms with Crippen molar-refractivity contribution < 1.29 is 4.74 Å². The first kappa shape index (κ1) is 19.5. The molecule has 0 saturated carbocycles. The topological polar surface area (TPSA) is 9.23 Å². The van der Waals surface area contributed by atoms with Gasteiger partial charge in [-0.2, -0.15) is 0 Å². The van der Waals surface area contributed by atoms with E-state index >= 15 is 0 Å². The van der Waals surface area contributed by atoms with Gasteiger partial charge in [-0.05, 0) is 18.9 Å². The molecule has 0 rings (SSSR count). The summed E-state index contributed by atoms with van der Waals surface area (Å²) in [7, 11) is 1.71. The van der Waals surface area contributed by atoms with Crippen molar-refractivity contribution in [3.63, 3.8) is 0 Å². The minimum atomic E-state index is 1.17. The Morgan fingerprint density at radius 2 is 1.00 bits per heavy atom. The summed E-state index contributed by atoms with van der Waals surface area (Å²) in [4.78, 5) is 0. The Morgan fingerprint density at radius 3 is 1.40 bits per heavy atom. The van der Waals surface area contributed by atoms with E-state index in [0.717, 1.165) is 0 Å². The number of hydrogen-bond donors (Lipinski definition) is 0. The molecule has 20 heavy (non-hydrogen) atoms. The average molecular weight is 283 g/mol. The van der Waals surface area contributed by atoms with E-state index in [1.165, 1.54) is 96.3 Å². The Balaban J connectivity index is 2.94. The van der Waals surface area contributed by atoms with Gasteiger partial charge in [-0.1, -0.05) is 90.4 Å². The zero-order chi connectivity index (χ0) is 14.7. The van der Waals surface area contributed by atoms with E-state index in [4.69, 9.17) is 4.74 Å². The smallest absolute Gasteiger partial charge is 0.0784 e. The minimum absolute atomic E-state index is 1.17. The molecule has 0 aliphatic heterocycles. The summed E-state index contributed by atoms with van der Waals surface area (Å²) in [5.41, 5.74) is 0. The molecule has 0 aromatic rings. The molecule has 1 nitrogen and oxygen atoms in total. The van der Waals surface area contributed by atoms with Crippen LogP contribution < -0.4 is 0 Å². The highest BCUT2D eigenvalue weighted by Gasteiger charge is 1.93. The van der Waals surface area contributed by atoms with Crippen LogP contribution in [0.5, 0.6) is 0 Å². The molecule has 0 radical (unpaired) electrons. The lowest BCUT2D eigenvalue weighted by molar-refractivity contribution is 0.336. The molecule has 0 spiro atoms. The number of hydrogen-bond acceptors (Lipinski definition) is 1. The Bertz CT molecular complexity index is 186. The maximum absolute atomic E-state index is 4.88. The van der Waals surface area contributed by atoms with Crippen molar-refractivity contribution in [3.05, 3.63) is 12.3 Å². The molecule has 0 aliphatic rings. The summed E-state index contributed by atoms with van der Waals surface area (Å²) in [6, 6.07) is 0. The van der Waals surface area contributed by atoms with Crippen LogP contribution in [-0.2, 0) is 4.74 Å². The van der Waals surface area contributed by atoms with Gasteiger partial charge < -0.3 is 4.74 Å². The summed E-state index contributed by atoms with van der Waals surface area (Å²) < 4.78 is 4.88. The monoisotopic (exact) mass is 282 g/mol. The summed E-state index contributed by atoms with van der Waals surface area (Å²) in [5.74, 6) is 0. The molecular formula is C19H38O. The Kier molecular flexibility index (Phi) is 18.1. The van der Waals surface area contributed by atoms with Crippen LogP contribution >= 0.6 is 0 Å². The molecule has 0 atom stereocenters. The van der Waals surface area contributed by atoms with Gasteiger partial charge in [-0.3, -0.25) is 0 Å². The van der Waals surface area contributed by atoms with Crippen LogP contribution in [0.3, 0.4) is 0 Å². The van der Waals surface area contributed by atoms with Crippen molar-refractivity contribution in [2.75, 3.05) is 7.11 Å². The lowest BCUT2D eigenvalue weighted by Crippen LogP contribution is -1.83. The van der Waals surface area contributed by atoms with Gasteiger partial charge in [0, 0.05) is 0 Å². The molecule has 0 heterocycles. The van der Waals surface area contributed by atoms with Gasteiger partial charge in [0.25, 0.3) is 0 Å². The molecule has 0 bridgehead atoms. The van der Waals surface area contributed by atoms with E-state index in [1.807, 2.05) is 0 Å². The fourth-order valence-electron chi connectivity index (χ4n) is 2.62. The van der Waals surface area contributed by atoms with Crippen LogP contribution in [-0.4, -0.2) is 7.11 Å². The number of rotatable bonds is 16. The third-order valence-corrected chi connectivity index (χ3v) is 3.96. The molecular weight excluding hydrogens is 244 g/mol. The van der Waals surface area contributed by atoms with E-state index < -0.39 is 0 Å². The van der Waals surface area contributed by atoms with Crippen molar-refractivity contribution in [3.8, 4) is 0 Å². The second-order valence-electron chi connectivity index (χ2n) is 5.99. The SMILES string of the molecule is CCCCCCCCCCCCCCCC/C=C/OC. The summed E-state index contributed by atoms with van der Waals surface area (Å²) >= 11 is 0. The van der Waals surface area contributed by atoms with Gasteiger partial charge in [0.2, 0.25) is 0 Å². The predicted octanol–water partition coefficient (Wildman–Crippen LogP) is 7.02. The van der Waals surface area contributed by atoms with Gasteiger partial charge in [-0.25, -0.2) is 0 Å². The van der Waals surface area contributed by atoms with Gasteiger partial charge in [0.15, 0.2) is 0 Å². The highest BCUT2D eigenvalue weighted by atomic mass is 16.5. The Labute approximate surface area is 128 Å². The van der Waals surface area contributed by atoms with Gasteiger partial charge in [0.05, 0.1) is 13.4 Å². The Morgan fingerprint density at radius 1 is 0.600 bits per heavy atom. The fourth-order valence-corrected chi connectivity index (χ4v) is 2.62. The second-order valence-corrected chi connectivity index (χ2v) is 5.99. The zero-order valence-corrected chi connectivity index (χ0v) is 14.2. The maximum Gasteiger partial charge on any atom is 0.0784 e. The van der Waals surface area contributed by atoms with E-state index in [-0.39, 0.29) is 0 Å². The van der Waals surface area contributed by atoms with Crippen LogP contribution in [0.25, 0.3) is 0 Å². The zero-order valence-electron chi connectivity index (χ0n) is 14.2. The first-order valence-corrected chi connectivity index (χ1v) is 9.09. The van der Waals surface area contributed by atoms with E-state index in [1.54, 1.807) is 13.4 Å². The van der Waals surface area contributed by atoms with E-state index in [9.17, 15) is 0 Å². The van der Waals surface area contributed by atoms with Crippen LogP contribution in [0.15, 0.2) is 12.3 Å². The third kappa shape index (κ3) is 17.5.